The molecule has 1 amide bonds. The van der Waals surface area contributed by atoms with Gasteiger partial charge in [0.05, 0.1) is 16.0 Å². The van der Waals surface area contributed by atoms with Crippen LogP contribution in [0, 0.1) is 0 Å². The highest BCUT2D eigenvalue weighted by Gasteiger charge is 2.39. The molecule has 7 nitrogen and oxygen atoms in total. The molecule has 27 heavy (non-hydrogen) atoms. The highest BCUT2D eigenvalue weighted by atomic mass is 35.5. The Morgan fingerprint density at radius 1 is 1.22 bits per heavy atom. The van der Waals surface area contributed by atoms with Gasteiger partial charge in [-0.2, -0.15) is 4.31 Å². The third kappa shape index (κ3) is 3.65. The number of fused-ring (bicyclic) bond motifs is 1. The Bertz CT molecular complexity index is 970. The first-order valence-electron chi connectivity index (χ1n) is 8.90. The molecule has 3 heterocycles. The Morgan fingerprint density at radius 2 is 1.96 bits per heavy atom. The number of hydrogen-bond donors (Lipinski definition) is 0. The quantitative estimate of drug-likeness (QED) is 0.747. The minimum Gasteiger partial charge on any atom is -0.345 e. The molecule has 4 rings (SSSR count). The lowest BCUT2D eigenvalue weighted by Gasteiger charge is -2.36. The smallest absolute Gasteiger partial charge is 0.241 e. The van der Waals surface area contributed by atoms with Crippen molar-refractivity contribution in [3.8, 4) is 0 Å². The molecule has 146 valence electrons. The van der Waals surface area contributed by atoms with Crippen LogP contribution in [0.25, 0.3) is 10.2 Å². The first-order chi connectivity index (χ1) is 12.8. The van der Waals surface area contributed by atoms with Crippen LogP contribution >= 0.6 is 22.9 Å². The Hall–Kier alpha value is -1.42. The SMILES string of the molecule is CS(=O)(=O)N1CCC[C@@H]1C(=O)N1CCN(c2nc3c(Cl)cccc3s2)CC1. The van der Waals surface area contributed by atoms with E-state index in [4.69, 9.17) is 11.6 Å². The van der Waals surface area contributed by atoms with Gasteiger partial charge in [0.25, 0.3) is 0 Å². The van der Waals surface area contributed by atoms with Gasteiger partial charge in [-0.1, -0.05) is 29.0 Å². The molecule has 0 N–H and O–H groups in total. The lowest BCUT2D eigenvalue weighted by atomic mass is 10.2. The van der Waals surface area contributed by atoms with Crippen LogP contribution in [0.15, 0.2) is 18.2 Å². The van der Waals surface area contributed by atoms with Crippen molar-refractivity contribution in [2.75, 3.05) is 43.9 Å². The highest BCUT2D eigenvalue weighted by Crippen LogP contribution is 2.33. The van der Waals surface area contributed by atoms with E-state index in [2.05, 4.69) is 9.88 Å². The fourth-order valence-corrected chi connectivity index (χ4v) is 6.19. The molecule has 1 atom stereocenters. The number of thiazole rings is 1. The number of hydrogen-bond acceptors (Lipinski definition) is 6. The van der Waals surface area contributed by atoms with E-state index in [0.29, 0.717) is 44.2 Å². The molecule has 0 unspecified atom stereocenters. The van der Waals surface area contributed by atoms with Gasteiger partial charge in [0.1, 0.15) is 11.6 Å². The summed E-state index contributed by atoms with van der Waals surface area (Å²) in [5.41, 5.74) is 0.812. The molecule has 0 radical (unpaired) electrons. The molecule has 0 bridgehead atoms. The van der Waals surface area contributed by atoms with Crippen molar-refractivity contribution in [3.05, 3.63) is 23.2 Å². The third-order valence-electron chi connectivity index (χ3n) is 5.14. The Balaban J connectivity index is 1.44. The summed E-state index contributed by atoms with van der Waals surface area (Å²) in [5.74, 6) is -0.0788. The standard InChI is InChI=1S/C17H21ClN4O3S2/c1-27(24,25)22-7-3-5-13(22)16(23)20-8-10-21(11-9-20)17-19-15-12(18)4-2-6-14(15)26-17/h2,4,6,13H,3,5,7-11H2,1H3/t13-/m1/s1. The largest absolute Gasteiger partial charge is 0.345 e. The molecular weight excluding hydrogens is 408 g/mol. The van der Waals surface area contributed by atoms with Gasteiger partial charge >= 0.3 is 0 Å². The summed E-state index contributed by atoms with van der Waals surface area (Å²) in [6.45, 7) is 2.92. The van der Waals surface area contributed by atoms with Gasteiger partial charge in [-0.3, -0.25) is 4.79 Å². The lowest BCUT2D eigenvalue weighted by Crippen LogP contribution is -2.54. The van der Waals surface area contributed by atoms with Crippen molar-refractivity contribution in [2.24, 2.45) is 0 Å². The maximum absolute atomic E-state index is 12.9. The van der Waals surface area contributed by atoms with Crippen molar-refractivity contribution in [3.63, 3.8) is 0 Å². The molecule has 10 heteroatoms. The monoisotopic (exact) mass is 428 g/mol. The van der Waals surface area contributed by atoms with Gasteiger partial charge in [0.2, 0.25) is 15.9 Å². The molecule has 2 fully saturated rings. The van der Waals surface area contributed by atoms with E-state index in [0.717, 1.165) is 21.8 Å². The van der Waals surface area contributed by atoms with E-state index in [9.17, 15) is 13.2 Å². The third-order valence-corrected chi connectivity index (χ3v) is 7.81. The number of amides is 1. The minimum absolute atomic E-state index is 0.0788. The second-order valence-corrected chi connectivity index (χ2v) is 10.3. The summed E-state index contributed by atoms with van der Waals surface area (Å²) in [6.07, 6.45) is 2.51. The molecular formula is C17H21ClN4O3S2. The predicted molar refractivity (Wildman–Crippen MR) is 108 cm³/mol. The predicted octanol–water partition coefficient (Wildman–Crippen LogP) is 2.02. The van der Waals surface area contributed by atoms with Gasteiger partial charge in [0.15, 0.2) is 5.13 Å². The average molecular weight is 429 g/mol. The Morgan fingerprint density at radius 3 is 2.63 bits per heavy atom. The van der Waals surface area contributed by atoms with Crippen molar-refractivity contribution in [1.82, 2.24) is 14.2 Å². The molecule has 0 saturated carbocycles. The summed E-state index contributed by atoms with van der Waals surface area (Å²) >= 11 is 7.81. The molecule has 1 aromatic heterocycles. The maximum atomic E-state index is 12.9. The van der Waals surface area contributed by atoms with Gasteiger partial charge < -0.3 is 9.80 Å². The number of sulfonamides is 1. The second kappa shape index (κ2) is 7.20. The fourth-order valence-electron chi connectivity index (χ4n) is 3.75. The van der Waals surface area contributed by atoms with E-state index < -0.39 is 16.1 Å². The number of benzene rings is 1. The minimum atomic E-state index is -3.35. The summed E-state index contributed by atoms with van der Waals surface area (Å²) in [6, 6.07) is 5.20. The van der Waals surface area contributed by atoms with Crippen LogP contribution in [0.3, 0.4) is 0 Å². The number of aromatic nitrogens is 1. The number of nitrogens with zero attached hydrogens (tertiary/aromatic N) is 4. The molecule has 2 saturated heterocycles. The maximum Gasteiger partial charge on any atom is 0.241 e. The van der Waals surface area contributed by atoms with E-state index >= 15 is 0 Å². The molecule has 2 aliphatic heterocycles. The van der Waals surface area contributed by atoms with Crippen LogP contribution in [0.4, 0.5) is 5.13 Å². The molecule has 2 aromatic rings. The van der Waals surface area contributed by atoms with Crippen LogP contribution in [-0.2, 0) is 14.8 Å². The number of anilines is 1. The number of carbonyl (C=O) groups excluding carboxylic acids is 1. The topological polar surface area (TPSA) is 73.8 Å². The second-order valence-electron chi connectivity index (χ2n) is 6.93. The van der Waals surface area contributed by atoms with Gasteiger partial charge in [-0.05, 0) is 25.0 Å². The summed E-state index contributed by atoms with van der Waals surface area (Å²) in [4.78, 5) is 21.4. The van der Waals surface area contributed by atoms with Crippen molar-refractivity contribution in [1.29, 1.82) is 0 Å². The Labute approximate surface area is 167 Å². The zero-order chi connectivity index (χ0) is 19.2. The van der Waals surface area contributed by atoms with Crippen LogP contribution in [0.1, 0.15) is 12.8 Å². The van der Waals surface area contributed by atoms with Crippen molar-refractivity contribution >= 4 is 54.2 Å². The van der Waals surface area contributed by atoms with E-state index in [1.165, 1.54) is 10.6 Å². The van der Waals surface area contributed by atoms with Crippen LogP contribution < -0.4 is 4.90 Å². The molecule has 2 aliphatic rings. The molecule has 0 aliphatic carbocycles. The van der Waals surface area contributed by atoms with Crippen LogP contribution in [0.2, 0.25) is 5.02 Å². The average Bonchev–Trinajstić information content (AvgIpc) is 3.29. The first-order valence-corrected chi connectivity index (χ1v) is 11.9. The van der Waals surface area contributed by atoms with E-state index in [1.54, 1.807) is 16.2 Å². The van der Waals surface area contributed by atoms with E-state index in [1.807, 2.05) is 18.2 Å². The fraction of sp³-hybridized carbons (Fsp3) is 0.529. The molecule has 1 aromatic carbocycles. The number of halogens is 1. The lowest BCUT2D eigenvalue weighted by molar-refractivity contribution is -0.134. The zero-order valence-corrected chi connectivity index (χ0v) is 17.4. The van der Waals surface area contributed by atoms with Crippen LogP contribution in [0.5, 0.6) is 0 Å². The van der Waals surface area contributed by atoms with Crippen molar-refractivity contribution in [2.45, 2.75) is 18.9 Å². The number of rotatable bonds is 3. The van der Waals surface area contributed by atoms with Gasteiger partial charge in [0, 0.05) is 32.7 Å². The first kappa shape index (κ1) is 18.9. The normalized spacial score (nSPS) is 21.9. The zero-order valence-electron chi connectivity index (χ0n) is 15.0. The Kier molecular flexibility index (Phi) is 5.04. The van der Waals surface area contributed by atoms with Crippen LogP contribution in [-0.4, -0.2) is 73.5 Å². The van der Waals surface area contributed by atoms with Crippen molar-refractivity contribution < 1.29 is 13.2 Å². The van der Waals surface area contributed by atoms with E-state index in [-0.39, 0.29) is 5.91 Å². The molecule has 0 spiro atoms. The summed E-state index contributed by atoms with van der Waals surface area (Å²) in [5, 5.41) is 1.55. The summed E-state index contributed by atoms with van der Waals surface area (Å²) in [7, 11) is -3.35. The van der Waals surface area contributed by atoms with Gasteiger partial charge in [-0.25, -0.2) is 13.4 Å². The number of piperazine rings is 1. The van der Waals surface area contributed by atoms with Gasteiger partial charge in [-0.15, -0.1) is 0 Å². The highest BCUT2D eigenvalue weighted by molar-refractivity contribution is 7.88. The summed E-state index contributed by atoms with van der Waals surface area (Å²) < 4.78 is 26.2. The number of para-hydroxylation sites is 1. The number of carbonyl (C=O) groups is 1.